The van der Waals surface area contributed by atoms with E-state index in [9.17, 15) is 8.42 Å². The zero-order valence-corrected chi connectivity index (χ0v) is 22.5. The van der Waals surface area contributed by atoms with Crippen LogP contribution in [0, 0.1) is 6.92 Å². The number of rotatable bonds is 4. The molecule has 0 saturated carbocycles. The average molecular weight is 599 g/mol. The molecule has 5 rings (SSSR count). The van der Waals surface area contributed by atoms with E-state index in [1.54, 1.807) is 0 Å². The maximum absolute atomic E-state index is 12.7. The summed E-state index contributed by atoms with van der Waals surface area (Å²) in [5.74, 6) is 0. The fourth-order valence-corrected chi connectivity index (χ4v) is 6.03. The van der Waals surface area contributed by atoms with Crippen LogP contribution >= 0.6 is 31.9 Å². The molecule has 5 nitrogen and oxygen atoms in total. The lowest BCUT2D eigenvalue weighted by molar-refractivity contribution is 0.375. The van der Waals surface area contributed by atoms with Crippen molar-refractivity contribution in [2.75, 3.05) is 6.26 Å². The zero-order valence-electron chi connectivity index (χ0n) is 18.5. The van der Waals surface area contributed by atoms with Gasteiger partial charge < -0.3 is 0 Å². The summed E-state index contributed by atoms with van der Waals surface area (Å²) in [6.45, 7) is 1.96. The van der Waals surface area contributed by atoms with Gasteiger partial charge in [0.25, 0.3) is 0 Å². The van der Waals surface area contributed by atoms with Crippen LogP contribution in [-0.2, 0) is 10.0 Å². The summed E-state index contributed by atoms with van der Waals surface area (Å²) in [4.78, 5) is 4.87. The van der Waals surface area contributed by atoms with Gasteiger partial charge in [-0.3, -0.25) is 4.98 Å². The standard InChI is InChI=1S/C26H21Br2N3O2S/c1-16-25(23-15-24(31(30-23)34(2,32)33)17-8-10-19(27)11-9-17)26(18-6-4-3-5-7-18)21-14-20(28)12-13-22(21)29-16/h3-14,24H,15H2,1-2H3/t24-/m1/s1. The molecule has 0 unspecified atom stereocenters. The SMILES string of the molecule is Cc1nc2ccc(Br)cc2c(-c2ccccc2)c1C1=NN(S(C)(=O)=O)[C@@H](c2ccc(Br)cc2)C1. The van der Waals surface area contributed by atoms with Crippen molar-refractivity contribution in [1.82, 2.24) is 9.40 Å². The Kier molecular flexibility index (Phi) is 6.08. The van der Waals surface area contributed by atoms with E-state index < -0.39 is 16.1 Å². The van der Waals surface area contributed by atoms with Crippen LogP contribution in [0.15, 0.2) is 86.8 Å². The van der Waals surface area contributed by atoms with Gasteiger partial charge in [-0.05, 0) is 48.4 Å². The molecule has 0 radical (unpaired) electrons. The number of benzene rings is 3. The molecule has 172 valence electrons. The zero-order chi connectivity index (χ0) is 24.0. The van der Waals surface area contributed by atoms with Gasteiger partial charge in [-0.25, -0.2) is 8.42 Å². The first-order valence-corrected chi connectivity index (χ1v) is 14.1. The molecule has 2 heterocycles. The maximum Gasteiger partial charge on any atom is 0.247 e. The number of hydrogen-bond acceptors (Lipinski definition) is 4. The van der Waals surface area contributed by atoms with Crippen LogP contribution in [0.5, 0.6) is 0 Å². The quantitative estimate of drug-likeness (QED) is 0.258. The minimum Gasteiger partial charge on any atom is -0.252 e. The molecular formula is C26H21Br2N3O2S. The summed E-state index contributed by atoms with van der Waals surface area (Å²) in [5.41, 5.74) is 6.22. The van der Waals surface area contributed by atoms with E-state index in [0.717, 1.165) is 47.8 Å². The van der Waals surface area contributed by atoms with Crippen LogP contribution in [0.1, 0.15) is 29.3 Å². The first kappa shape index (κ1) is 23.2. The number of nitrogens with zero attached hydrogens (tertiary/aromatic N) is 3. The number of sulfonamides is 1. The summed E-state index contributed by atoms with van der Waals surface area (Å²) in [5, 5.41) is 5.67. The molecule has 1 aliphatic rings. The number of hydrazone groups is 1. The largest absolute Gasteiger partial charge is 0.252 e. The Bertz CT molecular complexity index is 1540. The molecule has 3 aromatic carbocycles. The summed E-state index contributed by atoms with van der Waals surface area (Å²) < 4.78 is 28.6. The van der Waals surface area contributed by atoms with Crippen molar-refractivity contribution in [2.45, 2.75) is 19.4 Å². The van der Waals surface area contributed by atoms with Gasteiger partial charge in [-0.15, -0.1) is 0 Å². The Labute approximate surface area is 215 Å². The Morgan fingerprint density at radius 3 is 2.26 bits per heavy atom. The van der Waals surface area contributed by atoms with Crippen molar-refractivity contribution in [2.24, 2.45) is 5.10 Å². The fourth-order valence-electron chi connectivity index (χ4n) is 4.49. The van der Waals surface area contributed by atoms with Gasteiger partial charge in [-0.1, -0.05) is 74.3 Å². The molecule has 1 atom stereocenters. The lowest BCUT2D eigenvalue weighted by atomic mass is 9.89. The van der Waals surface area contributed by atoms with Crippen LogP contribution in [0.4, 0.5) is 0 Å². The molecule has 0 aliphatic carbocycles. The van der Waals surface area contributed by atoms with Gasteiger partial charge in [-0.2, -0.15) is 9.52 Å². The van der Waals surface area contributed by atoms with E-state index in [1.165, 1.54) is 10.7 Å². The molecule has 1 aliphatic heterocycles. The van der Waals surface area contributed by atoms with Crippen molar-refractivity contribution in [3.8, 4) is 11.1 Å². The highest BCUT2D eigenvalue weighted by Crippen LogP contribution is 2.40. The number of aryl methyl sites for hydroxylation is 1. The van der Waals surface area contributed by atoms with Gasteiger partial charge in [0, 0.05) is 37.6 Å². The predicted molar refractivity (Wildman–Crippen MR) is 144 cm³/mol. The molecular weight excluding hydrogens is 578 g/mol. The summed E-state index contributed by atoms with van der Waals surface area (Å²) in [7, 11) is -3.58. The van der Waals surface area contributed by atoms with Crippen molar-refractivity contribution < 1.29 is 8.42 Å². The van der Waals surface area contributed by atoms with Gasteiger partial charge >= 0.3 is 0 Å². The van der Waals surface area contributed by atoms with Crippen LogP contribution in [0.3, 0.4) is 0 Å². The van der Waals surface area contributed by atoms with Crippen molar-refractivity contribution in [1.29, 1.82) is 0 Å². The minimum atomic E-state index is -3.58. The van der Waals surface area contributed by atoms with E-state index in [2.05, 4.69) is 55.2 Å². The fraction of sp³-hybridized carbons (Fsp3) is 0.154. The van der Waals surface area contributed by atoms with Gasteiger partial charge in [0.1, 0.15) is 0 Å². The highest BCUT2D eigenvalue weighted by molar-refractivity contribution is 9.10. The Morgan fingerprint density at radius 1 is 0.912 bits per heavy atom. The molecule has 4 aromatic rings. The average Bonchev–Trinajstić information content (AvgIpc) is 3.25. The summed E-state index contributed by atoms with van der Waals surface area (Å²) in [6.07, 6.45) is 1.66. The van der Waals surface area contributed by atoms with E-state index in [4.69, 9.17) is 4.98 Å². The molecule has 0 saturated heterocycles. The molecule has 0 N–H and O–H groups in total. The second-order valence-corrected chi connectivity index (χ2v) is 12.0. The minimum absolute atomic E-state index is 0.417. The van der Waals surface area contributed by atoms with Crippen LogP contribution in [0.2, 0.25) is 0 Å². The first-order chi connectivity index (χ1) is 16.2. The van der Waals surface area contributed by atoms with Gasteiger partial charge in [0.05, 0.1) is 23.5 Å². The molecule has 34 heavy (non-hydrogen) atoms. The number of fused-ring (bicyclic) bond motifs is 1. The Balaban J connectivity index is 1.75. The second-order valence-electron chi connectivity index (χ2n) is 8.33. The third-order valence-corrected chi connectivity index (χ3v) is 7.98. The number of halogens is 2. The summed E-state index contributed by atoms with van der Waals surface area (Å²) in [6, 6.07) is 23.4. The monoisotopic (exact) mass is 597 g/mol. The lowest BCUT2D eigenvalue weighted by Crippen LogP contribution is -2.25. The van der Waals surface area contributed by atoms with Crippen molar-refractivity contribution in [3.05, 3.63) is 98.6 Å². The molecule has 0 spiro atoms. The third-order valence-electron chi connectivity index (χ3n) is 5.95. The number of aromatic nitrogens is 1. The molecule has 1 aromatic heterocycles. The van der Waals surface area contributed by atoms with Crippen LogP contribution in [0.25, 0.3) is 22.0 Å². The maximum atomic E-state index is 12.7. The van der Waals surface area contributed by atoms with E-state index in [0.29, 0.717) is 12.1 Å². The second kappa shape index (κ2) is 8.91. The van der Waals surface area contributed by atoms with E-state index in [1.807, 2.05) is 61.5 Å². The molecule has 0 fully saturated rings. The lowest BCUT2D eigenvalue weighted by Gasteiger charge is -2.21. The predicted octanol–water partition coefficient (Wildman–Crippen LogP) is 6.85. The van der Waals surface area contributed by atoms with Crippen molar-refractivity contribution >= 4 is 58.5 Å². The van der Waals surface area contributed by atoms with Gasteiger partial charge in [0.15, 0.2) is 0 Å². The van der Waals surface area contributed by atoms with Crippen LogP contribution < -0.4 is 0 Å². The highest BCUT2D eigenvalue weighted by atomic mass is 79.9. The number of pyridine rings is 1. The Morgan fingerprint density at radius 2 is 1.59 bits per heavy atom. The molecule has 0 bridgehead atoms. The van der Waals surface area contributed by atoms with Gasteiger partial charge in [0.2, 0.25) is 10.0 Å². The smallest absolute Gasteiger partial charge is 0.247 e. The third kappa shape index (κ3) is 4.30. The molecule has 0 amide bonds. The molecule has 8 heteroatoms. The van der Waals surface area contributed by atoms with Crippen molar-refractivity contribution in [3.63, 3.8) is 0 Å². The van der Waals surface area contributed by atoms with E-state index >= 15 is 0 Å². The normalized spacial score (nSPS) is 16.2. The number of hydrogen-bond donors (Lipinski definition) is 0. The topological polar surface area (TPSA) is 62.6 Å². The first-order valence-electron chi connectivity index (χ1n) is 10.7. The Hall–Kier alpha value is -2.55. The van der Waals surface area contributed by atoms with Crippen LogP contribution in [-0.4, -0.2) is 29.8 Å². The summed E-state index contributed by atoms with van der Waals surface area (Å²) >= 11 is 7.06. The van der Waals surface area contributed by atoms with E-state index in [-0.39, 0.29) is 0 Å². The highest BCUT2D eigenvalue weighted by Gasteiger charge is 2.36.